The zero-order valence-corrected chi connectivity index (χ0v) is 40.0. The Bertz CT molecular complexity index is 1300. The Hall–Kier alpha value is -0.0800. The molecule has 0 bridgehead atoms. The van der Waals surface area contributed by atoms with Crippen molar-refractivity contribution in [1.29, 1.82) is 0 Å². The number of aliphatic hydroxyl groups is 2. The first-order chi connectivity index (χ1) is 26.9. The van der Waals surface area contributed by atoms with Gasteiger partial charge in [-0.05, 0) is 220 Å². The zero-order valence-electron chi connectivity index (χ0n) is 40.0. The molecular weight excluding hydrogens is 693 g/mol. The summed E-state index contributed by atoms with van der Waals surface area (Å²) in [7, 11) is 0. The normalized spacial score (nSPS) is 49.3. The molecule has 8 saturated carbocycles. The summed E-state index contributed by atoms with van der Waals surface area (Å²) in [4.78, 5) is 0. The Labute approximate surface area is 355 Å². The lowest BCUT2D eigenvalue weighted by molar-refractivity contribution is -0.164. The lowest BCUT2D eigenvalue weighted by Crippen LogP contribution is -2.57. The van der Waals surface area contributed by atoms with Gasteiger partial charge >= 0.3 is 0 Å². The fourth-order valence-corrected chi connectivity index (χ4v) is 18.6. The van der Waals surface area contributed by atoms with Crippen LogP contribution in [-0.4, -0.2) is 22.4 Å². The number of rotatable bonds is 10. The highest BCUT2D eigenvalue weighted by Crippen LogP contribution is 2.70. The minimum absolute atomic E-state index is 0.00830. The second kappa shape index (κ2) is 17.6. The van der Waals surface area contributed by atoms with E-state index in [4.69, 9.17) is 0 Å². The molecule has 2 nitrogen and oxygen atoms in total. The molecule has 0 radical (unpaired) electrons. The van der Waals surface area contributed by atoms with E-state index in [1.54, 1.807) is 0 Å². The van der Waals surface area contributed by atoms with Crippen molar-refractivity contribution in [1.82, 2.24) is 0 Å². The van der Waals surface area contributed by atoms with Gasteiger partial charge in [-0.3, -0.25) is 0 Å². The van der Waals surface area contributed by atoms with Crippen LogP contribution in [0.3, 0.4) is 0 Å². The molecule has 2 heteroatoms. The first kappa shape index (κ1) is 45.0. The average Bonchev–Trinajstić information content (AvgIpc) is 3.71. The van der Waals surface area contributed by atoms with Crippen LogP contribution in [0.5, 0.6) is 0 Å². The molecule has 0 heterocycles. The van der Waals surface area contributed by atoms with Crippen molar-refractivity contribution in [3.8, 4) is 0 Å². The molecule has 8 aliphatic rings. The van der Waals surface area contributed by atoms with Gasteiger partial charge in [-0.15, -0.1) is 0 Å². The Morgan fingerprint density at radius 1 is 0.491 bits per heavy atom. The molecule has 0 amide bonds. The van der Waals surface area contributed by atoms with Crippen LogP contribution in [0.2, 0.25) is 0 Å². The van der Waals surface area contributed by atoms with E-state index >= 15 is 0 Å². The predicted molar refractivity (Wildman–Crippen MR) is 243 cm³/mol. The van der Waals surface area contributed by atoms with Gasteiger partial charge in [-0.25, -0.2) is 0 Å². The molecule has 2 N–H and O–H groups in total. The van der Waals surface area contributed by atoms with Gasteiger partial charge in [0.15, 0.2) is 0 Å². The van der Waals surface area contributed by atoms with Gasteiger partial charge in [0.1, 0.15) is 0 Å². The lowest BCUT2D eigenvalue weighted by atomic mass is 9.44. The van der Waals surface area contributed by atoms with E-state index in [0.29, 0.717) is 16.2 Å². The summed E-state index contributed by atoms with van der Waals surface area (Å²) >= 11 is 0. The van der Waals surface area contributed by atoms with E-state index in [1.165, 1.54) is 128 Å². The van der Waals surface area contributed by atoms with Crippen molar-refractivity contribution >= 4 is 0 Å². The van der Waals surface area contributed by atoms with Crippen molar-refractivity contribution in [2.45, 2.75) is 236 Å². The quantitative estimate of drug-likeness (QED) is 0.231. The summed E-state index contributed by atoms with van der Waals surface area (Å²) in [6.07, 6.45) is 31.7. The second-order valence-electron chi connectivity index (χ2n) is 25.6. The van der Waals surface area contributed by atoms with Gasteiger partial charge in [0.2, 0.25) is 0 Å². The molecule has 1 unspecified atom stereocenters. The van der Waals surface area contributed by atoms with E-state index in [2.05, 4.69) is 76.2 Å². The van der Waals surface area contributed by atoms with Crippen molar-refractivity contribution in [2.24, 2.45) is 110 Å². The fraction of sp³-hybridized carbons (Fsp3) is 1.00. The number of hydrogen-bond acceptors (Lipinski definition) is 2. The summed E-state index contributed by atoms with van der Waals surface area (Å²) in [6.45, 7) is 27.7. The van der Waals surface area contributed by atoms with E-state index in [0.717, 1.165) is 108 Å². The lowest BCUT2D eigenvalue weighted by Gasteiger charge is -2.62. The van der Waals surface area contributed by atoms with Crippen LogP contribution in [0, 0.1) is 110 Å². The molecule has 0 aromatic rings. The molecule has 0 spiro atoms. The zero-order chi connectivity index (χ0) is 41.1. The van der Waals surface area contributed by atoms with Crippen LogP contribution >= 0.6 is 0 Å². The molecule has 19 atom stereocenters. The SMILES string of the molecule is CC(C)CCC[C@@H](C)[C@H]1CC[C@H]2[C@@H]3CC[C@@H]4C[C@@H](O)CC[C@]4(C)[C@H]3CC[C@]12C.CC(C)[C@@H](C)CC[C@@H](C)[C@H]1CC[C@H]2[C@H]3CC[C@H]4CCCC(O)[C@]4(C)[C@H]3CC[C@]12C. The standard InChI is InChI=1S/C28H50O.C27H48O/c1-18(2)19(3)10-11-20(4)23-14-15-24-22-13-12-21-8-7-9-26(29)28(21,6)25(22)16-17-27(23,24)5;1-18(2)7-6-8-19(3)23-11-12-24-22-10-9-20-17-21(28)13-15-26(20,4)25(22)14-16-27(23,24)5/h18-26,29H,7-17H2,1-6H3;18-25,28H,6-17H2,1-5H3/t19-,20+,21+,22+,23+,24-,25-,26?,27+,28-;19-,20-,21+,22+,23-,24+,25+,26+,27-/m01/s1. The van der Waals surface area contributed by atoms with Crippen LogP contribution in [0.15, 0.2) is 0 Å². The van der Waals surface area contributed by atoms with Crippen LogP contribution in [0.25, 0.3) is 0 Å². The van der Waals surface area contributed by atoms with Crippen LogP contribution in [-0.2, 0) is 0 Å². The summed E-state index contributed by atoms with van der Waals surface area (Å²) in [6, 6.07) is 0. The van der Waals surface area contributed by atoms with Gasteiger partial charge in [-0.1, -0.05) is 115 Å². The molecule has 8 rings (SSSR count). The van der Waals surface area contributed by atoms with Crippen molar-refractivity contribution in [2.75, 3.05) is 0 Å². The van der Waals surface area contributed by atoms with Gasteiger partial charge in [-0.2, -0.15) is 0 Å². The third-order valence-corrected chi connectivity index (χ3v) is 22.5. The molecule has 0 saturated heterocycles. The second-order valence-corrected chi connectivity index (χ2v) is 25.6. The van der Waals surface area contributed by atoms with Gasteiger partial charge < -0.3 is 10.2 Å². The minimum atomic E-state index is -0.0351. The Balaban J connectivity index is 0.000000174. The third-order valence-electron chi connectivity index (χ3n) is 22.5. The summed E-state index contributed by atoms with van der Waals surface area (Å²) in [5.41, 5.74) is 1.95. The third kappa shape index (κ3) is 8.19. The highest BCUT2D eigenvalue weighted by atomic mass is 16.3. The largest absolute Gasteiger partial charge is 0.393 e. The number of aliphatic hydroxyl groups excluding tert-OH is 2. The van der Waals surface area contributed by atoms with Crippen LogP contribution in [0.1, 0.15) is 224 Å². The van der Waals surface area contributed by atoms with Crippen LogP contribution < -0.4 is 0 Å². The molecule has 0 aromatic heterocycles. The summed E-state index contributed by atoms with van der Waals surface area (Å²) in [5, 5.41) is 21.4. The van der Waals surface area contributed by atoms with E-state index in [1.807, 2.05) is 0 Å². The maximum atomic E-state index is 11.1. The first-order valence-electron chi connectivity index (χ1n) is 26.3. The molecule has 0 aromatic carbocycles. The van der Waals surface area contributed by atoms with Gasteiger partial charge in [0, 0.05) is 0 Å². The van der Waals surface area contributed by atoms with E-state index in [9.17, 15) is 10.2 Å². The van der Waals surface area contributed by atoms with E-state index < -0.39 is 0 Å². The molecule has 8 fully saturated rings. The van der Waals surface area contributed by atoms with Crippen LogP contribution in [0.4, 0.5) is 0 Å². The Morgan fingerprint density at radius 3 is 1.65 bits per heavy atom. The molecule has 57 heavy (non-hydrogen) atoms. The number of fused-ring (bicyclic) bond motifs is 10. The topological polar surface area (TPSA) is 40.5 Å². The maximum absolute atomic E-state index is 11.1. The van der Waals surface area contributed by atoms with Crippen molar-refractivity contribution < 1.29 is 10.2 Å². The molecule has 8 aliphatic carbocycles. The van der Waals surface area contributed by atoms with Gasteiger partial charge in [0.25, 0.3) is 0 Å². The average molecular weight is 791 g/mol. The minimum Gasteiger partial charge on any atom is -0.393 e. The molecular formula is C55H98O2. The maximum Gasteiger partial charge on any atom is 0.0599 e. The Kier molecular flexibility index (Phi) is 13.9. The first-order valence-corrected chi connectivity index (χ1v) is 26.3. The summed E-state index contributed by atoms with van der Waals surface area (Å²) in [5.74, 6) is 13.4. The number of hydrogen-bond donors (Lipinski definition) is 2. The fourth-order valence-electron chi connectivity index (χ4n) is 18.6. The predicted octanol–water partition coefficient (Wildman–Crippen LogP) is 15.2. The highest BCUT2D eigenvalue weighted by molar-refractivity contribution is 5.12. The van der Waals surface area contributed by atoms with Gasteiger partial charge in [0.05, 0.1) is 12.2 Å². The molecule has 330 valence electrons. The molecule has 0 aliphatic heterocycles. The highest BCUT2D eigenvalue weighted by Gasteiger charge is 2.63. The summed E-state index contributed by atoms with van der Waals surface area (Å²) < 4.78 is 0. The van der Waals surface area contributed by atoms with Crippen molar-refractivity contribution in [3.63, 3.8) is 0 Å². The monoisotopic (exact) mass is 791 g/mol. The van der Waals surface area contributed by atoms with E-state index in [-0.39, 0.29) is 17.6 Å². The Morgan fingerprint density at radius 2 is 1.04 bits per heavy atom. The van der Waals surface area contributed by atoms with Crippen molar-refractivity contribution in [3.05, 3.63) is 0 Å². The smallest absolute Gasteiger partial charge is 0.0599 e.